The van der Waals surface area contributed by atoms with Gasteiger partial charge in [0.25, 0.3) is 5.91 Å². The Labute approximate surface area is 123 Å². The highest BCUT2D eigenvalue weighted by molar-refractivity contribution is 5.83. The number of nitrogens with one attached hydrogen (secondary N) is 1. The van der Waals surface area contributed by atoms with E-state index in [1.807, 2.05) is 4.90 Å². The molecule has 2 aliphatic rings. The van der Waals surface area contributed by atoms with Crippen molar-refractivity contribution < 1.29 is 24.2 Å². The molecule has 0 spiro atoms. The molecule has 0 unspecified atom stereocenters. The number of carboxylic acid groups (broad SMARTS) is 1. The van der Waals surface area contributed by atoms with Gasteiger partial charge in [0, 0.05) is 33.2 Å². The second-order valence-corrected chi connectivity index (χ2v) is 5.30. The van der Waals surface area contributed by atoms with Gasteiger partial charge in [0.05, 0.1) is 6.54 Å². The lowest BCUT2D eigenvalue weighted by molar-refractivity contribution is -0.155. The molecule has 0 saturated carbocycles. The van der Waals surface area contributed by atoms with Crippen molar-refractivity contribution in [3.05, 3.63) is 0 Å². The first-order valence-corrected chi connectivity index (χ1v) is 7.11. The molecule has 2 rings (SSSR count). The van der Waals surface area contributed by atoms with E-state index in [0.717, 1.165) is 0 Å². The number of aliphatic carboxylic acids is 1. The molecule has 118 valence electrons. The first-order valence-electron chi connectivity index (χ1n) is 7.11. The molecule has 8 nitrogen and oxygen atoms in total. The van der Waals surface area contributed by atoms with Gasteiger partial charge < -0.3 is 20.1 Å². The van der Waals surface area contributed by atoms with E-state index in [2.05, 4.69) is 5.32 Å². The fourth-order valence-corrected chi connectivity index (χ4v) is 2.61. The summed E-state index contributed by atoms with van der Waals surface area (Å²) in [5.74, 6) is -1.20. The maximum atomic E-state index is 12.3. The van der Waals surface area contributed by atoms with E-state index in [1.54, 1.807) is 11.9 Å². The molecule has 0 aromatic rings. The van der Waals surface area contributed by atoms with Gasteiger partial charge in [0.1, 0.15) is 6.10 Å². The molecule has 0 aliphatic carbocycles. The standard InChI is InChI=1S/C13H21N3O5/c1-14-11(17)8-15-4-6-16(7-5-15)12(18)9-2-3-10(21-9)13(19)20/h9-10H,2-8H2,1H3,(H,14,17)(H,19,20)/t9-,10+/m0/s1. The smallest absolute Gasteiger partial charge is 0.332 e. The fraction of sp³-hybridized carbons (Fsp3) is 0.769. The second-order valence-electron chi connectivity index (χ2n) is 5.30. The van der Waals surface area contributed by atoms with Crippen molar-refractivity contribution in [3.8, 4) is 0 Å². The minimum absolute atomic E-state index is 0.0433. The van der Waals surface area contributed by atoms with Crippen LogP contribution in [0.5, 0.6) is 0 Å². The van der Waals surface area contributed by atoms with Crippen LogP contribution in [0.1, 0.15) is 12.8 Å². The lowest BCUT2D eigenvalue weighted by atomic mass is 10.1. The molecule has 0 aromatic heterocycles. The van der Waals surface area contributed by atoms with E-state index < -0.39 is 18.2 Å². The normalized spacial score (nSPS) is 26.6. The topological polar surface area (TPSA) is 99.2 Å². The minimum Gasteiger partial charge on any atom is -0.479 e. The number of amides is 2. The second kappa shape index (κ2) is 6.86. The Bertz CT molecular complexity index is 420. The molecule has 0 radical (unpaired) electrons. The van der Waals surface area contributed by atoms with Gasteiger partial charge in [0.2, 0.25) is 5.91 Å². The summed E-state index contributed by atoms with van der Waals surface area (Å²) in [7, 11) is 1.60. The molecule has 2 saturated heterocycles. The molecular formula is C13H21N3O5. The van der Waals surface area contributed by atoms with Crippen LogP contribution in [0, 0.1) is 0 Å². The highest BCUT2D eigenvalue weighted by Crippen LogP contribution is 2.22. The van der Waals surface area contributed by atoms with Crippen molar-refractivity contribution in [1.29, 1.82) is 0 Å². The van der Waals surface area contributed by atoms with Crippen LogP contribution in [-0.2, 0) is 19.1 Å². The van der Waals surface area contributed by atoms with Crippen LogP contribution >= 0.6 is 0 Å². The third kappa shape index (κ3) is 3.92. The van der Waals surface area contributed by atoms with Crippen molar-refractivity contribution in [2.24, 2.45) is 0 Å². The summed E-state index contributed by atoms with van der Waals surface area (Å²) in [6.45, 7) is 2.67. The fourth-order valence-electron chi connectivity index (χ4n) is 2.61. The van der Waals surface area contributed by atoms with E-state index in [0.29, 0.717) is 45.6 Å². The van der Waals surface area contributed by atoms with Crippen LogP contribution in [-0.4, -0.2) is 84.7 Å². The van der Waals surface area contributed by atoms with E-state index in [4.69, 9.17) is 9.84 Å². The largest absolute Gasteiger partial charge is 0.479 e. The van der Waals surface area contributed by atoms with Gasteiger partial charge in [-0.15, -0.1) is 0 Å². The van der Waals surface area contributed by atoms with Crippen molar-refractivity contribution in [1.82, 2.24) is 15.1 Å². The molecule has 2 N–H and O–H groups in total. The Balaban J connectivity index is 1.78. The number of hydrogen-bond acceptors (Lipinski definition) is 5. The monoisotopic (exact) mass is 299 g/mol. The van der Waals surface area contributed by atoms with E-state index in [-0.39, 0.29) is 11.8 Å². The Morgan fingerprint density at radius 3 is 2.29 bits per heavy atom. The summed E-state index contributed by atoms with van der Waals surface area (Å²) in [6.07, 6.45) is -0.679. The van der Waals surface area contributed by atoms with Crippen LogP contribution in [0.25, 0.3) is 0 Å². The van der Waals surface area contributed by atoms with Crippen LogP contribution in [0.2, 0.25) is 0 Å². The lowest BCUT2D eigenvalue weighted by Crippen LogP contribution is -2.53. The highest BCUT2D eigenvalue weighted by atomic mass is 16.5. The van der Waals surface area contributed by atoms with Crippen LogP contribution in [0.15, 0.2) is 0 Å². The number of rotatable bonds is 4. The molecule has 0 bridgehead atoms. The molecule has 2 heterocycles. The van der Waals surface area contributed by atoms with Crippen LogP contribution in [0.3, 0.4) is 0 Å². The Morgan fingerprint density at radius 2 is 1.76 bits per heavy atom. The number of piperazine rings is 1. The first kappa shape index (κ1) is 15.7. The summed E-state index contributed by atoms with van der Waals surface area (Å²) in [4.78, 5) is 38.1. The van der Waals surface area contributed by atoms with Crippen LogP contribution < -0.4 is 5.32 Å². The van der Waals surface area contributed by atoms with E-state index in [1.165, 1.54) is 0 Å². The van der Waals surface area contributed by atoms with Gasteiger partial charge in [-0.3, -0.25) is 14.5 Å². The van der Waals surface area contributed by atoms with Gasteiger partial charge in [0.15, 0.2) is 6.10 Å². The lowest BCUT2D eigenvalue weighted by Gasteiger charge is -2.35. The third-order valence-corrected chi connectivity index (χ3v) is 3.90. The van der Waals surface area contributed by atoms with Gasteiger partial charge in [-0.05, 0) is 12.8 Å². The number of carboxylic acids is 1. The maximum Gasteiger partial charge on any atom is 0.332 e. The Morgan fingerprint density at radius 1 is 1.14 bits per heavy atom. The molecule has 8 heteroatoms. The zero-order chi connectivity index (χ0) is 15.4. The van der Waals surface area contributed by atoms with Crippen molar-refractivity contribution >= 4 is 17.8 Å². The quantitative estimate of drug-likeness (QED) is 0.656. The van der Waals surface area contributed by atoms with Gasteiger partial charge in [-0.2, -0.15) is 0 Å². The number of likely N-dealkylation sites (N-methyl/N-ethyl adjacent to an activating group) is 1. The molecule has 2 aliphatic heterocycles. The average molecular weight is 299 g/mol. The average Bonchev–Trinajstić information content (AvgIpc) is 2.97. The first-order chi connectivity index (χ1) is 10.0. The zero-order valence-corrected chi connectivity index (χ0v) is 12.1. The summed E-state index contributed by atoms with van der Waals surface area (Å²) < 4.78 is 5.28. The molecular weight excluding hydrogens is 278 g/mol. The maximum absolute atomic E-state index is 12.3. The predicted molar refractivity (Wildman–Crippen MR) is 72.6 cm³/mol. The summed E-state index contributed by atoms with van der Waals surface area (Å²) >= 11 is 0. The summed E-state index contributed by atoms with van der Waals surface area (Å²) in [5.41, 5.74) is 0. The van der Waals surface area contributed by atoms with Crippen molar-refractivity contribution in [2.45, 2.75) is 25.0 Å². The molecule has 2 amide bonds. The van der Waals surface area contributed by atoms with Gasteiger partial charge in [-0.1, -0.05) is 0 Å². The van der Waals surface area contributed by atoms with E-state index >= 15 is 0 Å². The van der Waals surface area contributed by atoms with Crippen LogP contribution in [0.4, 0.5) is 0 Å². The molecule has 21 heavy (non-hydrogen) atoms. The number of nitrogens with zero attached hydrogens (tertiary/aromatic N) is 2. The molecule has 2 atom stereocenters. The molecule has 2 fully saturated rings. The number of carbonyl (C=O) groups excluding carboxylic acids is 2. The Kier molecular flexibility index (Phi) is 5.13. The van der Waals surface area contributed by atoms with Crippen molar-refractivity contribution in [2.75, 3.05) is 39.8 Å². The highest BCUT2D eigenvalue weighted by Gasteiger charge is 2.37. The number of hydrogen-bond donors (Lipinski definition) is 2. The zero-order valence-electron chi connectivity index (χ0n) is 12.1. The van der Waals surface area contributed by atoms with Gasteiger partial charge in [-0.25, -0.2) is 4.79 Å². The minimum atomic E-state index is -1.01. The summed E-state index contributed by atoms with van der Waals surface area (Å²) in [5, 5.41) is 11.4. The predicted octanol–water partition coefficient (Wildman–Crippen LogP) is -1.49. The van der Waals surface area contributed by atoms with E-state index in [9.17, 15) is 14.4 Å². The summed E-state index contributed by atoms with van der Waals surface area (Å²) in [6, 6.07) is 0. The Hall–Kier alpha value is -1.67. The van der Waals surface area contributed by atoms with Gasteiger partial charge >= 0.3 is 5.97 Å². The van der Waals surface area contributed by atoms with Crippen molar-refractivity contribution in [3.63, 3.8) is 0 Å². The number of ether oxygens (including phenoxy) is 1. The SMILES string of the molecule is CNC(=O)CN1CCN(C(=O)[C@@H]2CC[C@H](C(=O)O)O2)CC1. The number of carbonyl (C=O) groups is 3. The third-order valence-electron chi connectivity index (χ3n) is 3.90. The molecule has 0 aromatic carbocycles.